The van der Waals surface area contributed by atoms with Crippen LogP contribution in [0.1, 0.15) is 26.7 Å². The molecule has 0 aliphatic rings. The number of nitrogens with two attached hydrogens (primary N) is 1. The van der Waals surface area contributed by atoms with Gasteiger partial charge in [0.1, 0.15) is 0 Å². The van der Waals surface area contributed by atoms with Crippen LogP contribution < -0.4 is 11.1 Å². The van der Waals surface area contributed by atoms with Crippen LogP contribution >= 0.6 is 11.8 Å². The molecule has 0 rings (SSSR count). The average Bonchev–Trinajstić information content (AvgIpc) is 2.12. The molecule has 0 aliphatic heterocycles. The van der Waals surface area contributed by atoms with Gasteiger partial charge in [0.05, 0.1) is 5.37 Å². The number of hydrogen-bond donors (Lipinski definition) is 2. The third-order valence-corrected chi connectivity index (χ3v) is 2.61. The summed E-state index contributed by atoms with van der Waals surface area (Å²) in [5.74, 6) is 0. The van der Waals surface area contributed by atoms with Crippen LogP contribution in [0.3, 0.4) is 0 Å². The van der Waals surface area contributed by atoms with Crippen LogP contribution in [0.5, 0.6) is 0 Å². The van der Waals surface area contributed by atoms with Gasteiger partial charge in [0.15, 0.2) is 5.62 Å². The second kappa shape index (κ2) is 7.58. The second-order valence-electron chi connectivity index (χ2n) is 2.64. The van der Waals surface area contributed by atoms with Crippen molar-refractivity contribution < 1.29 is 4.79 Å². The van der Waals surface area contributed by atoms with E-state index >= 15 is 0 Å². The number of nitrogens with one attached hydrogen (secondary N) is 1. The van der Waals surface area contributed by atoms with Gasteiger partial charge in [-0.1, -0.05) is 25.6 Å². The molecule has 1 atom stereocenters. The van der Waals surface area contributed by atoms with Gasteiger partial charge in [0.25, 0.3) is 0 Å². The molecule has 0 radical (unpaired) electrons. The SMILES string of the molecule is CCC(CC)NC(CN)SC=O. The fourth-order valence-corrected chi connectivity index (χ4v) is 1.53. The maximum atomic E-state index is 10.2. The zero-order valence-corrected chi connectivity index (χ0v) is 8.56. The molecule has 0 heterocycles. The quantitative estimate of drug-likeness (QED) is 0.464. The Balaban J connectivity index is 3.73. The minimum absolute atomic E-state index is 0.0763. The van der Waals surface area contributed by atoms with Crippen molar-refractivity contribution >= 4 is 17.4 Å². The van der Waals surface area contributed by atoms with Crippen LogP contribution in [0.2, 0.25) is 0 Å². The highest BCUT2D eigenvalue weighted by Gasteiger charge is 2.10. The van der Waals surface area contributed by atoms with Crippen LogP contribution in [0, 0.1) is 0 Å². The lowest BCUT2D eigenvalue weighted by Crippen LogP contribution is -2.40. The Morgan fingerprint density at radius 1 is 1.50 bits per heavy atom. The van der Waals surface area contributed by atoms with E-state index in [0.29, 0.717) is 12.6 Å². The van der Waals surface area contributed by atoms with E-state index in [9.17, 15) is 4.79 Å². The van der Waals surface area contributed by atoms with E-state index in [2.05, 4.69) is 19.2 Å². The lowest BCUT2D eigenvalue weighted by Gasteiger charge is -2.20. The highest BCUT2D eigenvalue weighted by atomic mass is 32.2. The van der Waals surface area contributed by atoms with Crippen molar-refractivity contribution in [3.8, 4) is 0 Å². The molecule has 0 fully saturated rings. The Labute approximate surface area is 78.5 Å². The van der Waals surface area contributed by atoms with Gasteiger partial charge >= 0.3 is 0 Å². The van der Waals surface area contributed by atoms with Crippen LogP contribution in [0.4, 0.5) is 0 Å². The summed E-state index contributed by atoms with van der Waals surface area (Å²) in [6.45, 7) is 4.75. The summed E-state index contributed by atoms with van der Waals surface area (Å²) in [7, 11) is 0. The fourth-order valence-electron chi connectivity index (χ4n) is 1.02. The maximum absolute atomic E-state index is 10.2. The van der Waals surface area contributed by atoms with Crippen molar-refractivity contribution in [1.29, 1.82) is 0 Å². The highest BCUT2D eigenvalue weighted by molar-refractivity contribution is 8.12. The fraction of sp³-hybridized carbons (Fsp3) is 0.875. The maximum Gasteiger partial charge on any atom is 0.177 e. The van der Waals surface area contributed by atoms with Gasteiger partial charge in [-0.25, -0.2) is 0 Å². The molecule has 0 spiro atoms. The first kappa shape index (κ1) is 11.9. The van der Waals surface area contributed by atoms with Crippen molar-refractivity contribution in [2.75, 3.05) is 6.54 Å². The Morgan fingerprint density at radius 3 is 2.42 bits per heavy atom. The van der Waals surface area contributed by atoms with E-state index in [0.717, 1.165) is 18.5 Å². The third kappa shape index (κ3) is 4.74. The van der Waals surface area contributed by atoms with Crippen LogP contribution in [-0.2, 0) is 4.79 Å². The van der Waals surface area contributed by atoms with Crippen LogP contribution in [-0.4, -0.2) is 23.6 Å². The molecule has 0 aromatic rings. The Morgan fingerprint density at radius 2 is 2.08 bits per heavy atom. The average molecular weight is 190 g/mol. The standard InChI is InChI=1S/C8H18N2OS/c1-3-7(4-2)10-8(5-9)12-6-11/h6-8,10H,3-5,9H2,1-2H3. The molecule has 12 heavy (non-hydrogen) atoms. The Bertz CT molecular complexity index is 118. The number of rotatable bonds is 7. The lowest BCUT2D eigenvalue weighted by molar-refractivity contribution is 0.474. The predicted molar refractivity (Wildman–Crippen MR) is 54.7 cm³/mol. The summed E-state index contributed by atoms with van der Waals surface area (Å²) in [6, 6.07) is 0.478. The van der Waals surface area contributed by atoms with Gasteiger partial charge in [-0.3, -0.25) is 4.79 Å². The first-order valence-corrected chi connectivity index (χ1v) is 5.27. The molecular formula is C8H18N2OS. The Kier molecular flexibility index (Phi) is 7.54. The van der Waals surface area contributed by atoms with Crippen molar-refractivity contribution in [3.05, 3.63) is 0 Å². The van der Waals surface area contributed by atoms with E-state index in [1.807, 2.05) is 0 Å². The molecule has 1 unspecified atom stereocenters. The molecule has 0 saturated carbocycles. The molecule has 0 aliphatic carbocycles. The van der Waals surface area contributed by atoms with Crippen LogP contribution in [0.25, 0.3) is 0 Å². The normalized spacial score (nSPS) is 13.3. The summed E-state index contributed by atoms with van der Waals surface area (Å²) in [5.41, 5.74) is 6.31. The predicted octanol–water partition coefficient (Wildman–Crippen LogP) is 0.973. The summed E-state index contributed by atoms with van der Waals surface area (Å²) < 4.78 is 0. The summed E-state index contributed by atoms with van der Waals surface area (Å²) in [6.07, 6.45) is 2.15. The van der Waals surface area contributed by atoms with Crippen molar-refractivity contribution in [2.45, 2.75) is 38.1 Å². The van der Waals surface area contributed by atoms with Gasteiger partial charge in [0.2, 0.25) is 0 Å². The molecule has 0 bridgehead atoms. The molecule has 72 valence electrons. The van der Waals surface area contributed by atoms with E-state index in [1.165, 1.54) is 11.8 Å². The smallest absolute Gasteiger partial charge is 0.177 e. The van der Waals surface area contributed by atoms with Gasteiger partial charge in [-0.05, 0) is 12.8 Å². The topological polar surface area (TPSA) is 55.1 Å². The number of carbonyl (C=O) groups is 1. The summed E-state index contributed by atoms with van der Waals surface area (Å²) >= 11 is 1.22. The molecule has 3 nitrogen and oxygen atoms in total. The Hall–Kier alpha value is -0.0600. The zero-order chi connectivity index (χ0) is 9.40. The van der Waals surface area contributed by atoms with Gasteiger partial charge < -0.3 is 11.1 Å². The van der Waals surface area contributed by atoms with Gasteiger partial charge in [0, 0.05) is 12.6 Å². The number of hydrogen-bond acceptors (Lipinski definition) is 4. The van der Waals surface area contributed by atoms with E-state index < -0.39 is 0 Å². The lowest BCUT2D eigenvalue weighted by atomic mass is 10.2. The van der Waals surface area contributed by atoms with Crippen molar-refractivity contribution in [1.82, 2.24) is 5.32 Å². The number of carbonyl (C=O) groups excluding carboxylic acids is 1. The number of thioether (sulfide) groups is 1. The molecule has 0 aromatic heterocycles. The second-order valence-corrected chi connectivity index (χ2v) is 3.67. The highest BCUT2D eigenvalue weighted by Crippen LogP contribution is 2.06. The van der Waals surface area contributed by atoms with Gasteiger partial charge in [-0.2, -0.15) is 0 Å². The molecule has 4 heteroatoms. The minimum atomic E-state index is 0.0763. The summed E-state index contributed by atoms with van der Waals surface area (Å²) in [5, 5.41) is 3.39. The minimum Gasteiger partial charge on any atom is -0.328 e. The van der Waals surface area contributed by atoms with E-state index in [-0.39, 0.29) is 5.37 Å². The first-order valence-electron chi connectivity index (χ1n) is 4.33. The van der Waals surface area contributed by atoms with Crippen LogP contribution in [0.15, 0.2) is 0 Å². The largest absolute Gasteiger partial charge is 0.328 e. The molecule has 0 saturated heterocycles. The molecule has 0 aromatic carbocycles. The molecule has 3 N–H and O–H groups in total. The molecular weight excluding hydrogens is 172 g/mol. The third-order valence-electron chi connectivity index (χ3n) is 1.84. The van der Waals surface area contributed by atoms with E-state index in [4.69, 9.17) is 5.73 Å². The first-order chi connectivity index (χ1) is 5.78. The monoisotopic (exact) mass is 190 g/mol. The summed E-state index contributed by atoms with van der Waals surface area (Å²) in [4.78, 5) is 10.2. The zero-order valence-electron chi connectivity index (χ0n) is 7.75. The molecule has 0 amide bonds. The van der Waals surface area contributed by atoms with Crippen molar-refractivity contribution in [3.63, 3.8) is 0 Å². The van der Waals surface area contributed by atoms with E-state index in [1.54, 1.807) is 0 Å². The van der Waals surface area contributed by atoms with Gasteiger partial charge in [-0.15, -0.1) is 0 Å². The van der Waals surface area contributed by atoms with Crippen molar-refractivity contribution in [2.24, 2.45) is 5.73 Å².